The zero-order valence-electron chi connectivity index (χ0n) is 22.9. The maximum absolute atomic E-state index is 14.4. The highest BCUT2D eigenvalue weighted by molar-refractivity contribution is 6.05. The van der Waals surface area contributed by atoms with Crippen molar-refractivity contribution in [1.29, 1.82) is 0 Å². The molecular weight excluding hydrogens is 539 g/mol. The normalized spacial score (nSPS) is 15.9. The van der Waals surface area contributed by atoms with Gasteiger partial charge in [0, 0.05) is 41.0 Å². The van der Waals surface area contributed by atoms with Crippen LogP contribution in [0.15, 0.2) is 82.7 Å². The zero-order valence-corrected chi connectivity index (χ0v) is 22.9. The summed E-state index contributed by atoms with van der Waals surface area (Å²) in [6, 6.07) is 19.1. The van der Waals surface area contributed by atoms with Crippen molar-refractivity contribution in [3.05, 3.63) is 100.0 Å². The minimum atomic E-state index is -4.61. The Hall–Kier alpha value is -4.50. The molecule has 0 unspecified atom stereocenters. The largest absolute Gasteiger partial charge is 0.418 e. The summed E-state index contributed by atoms with van der Waals surface area (Å²) in [5.41, 5.74) is 4.25. The lowest BCUT2D eigenvalue weighted by Crippen LogP contribution is -2.37. The summed E-state index contributed by atoms with van der Waals surface area (Å²) in [5, 5.41) is 4.46. The molecule has 5 aromatic rings. The Bertz CT molecular complexity index is 1940. The van der Waals surface area contributed by atoms with Crippen molar-refractivity contribution in [3.8, 4) is 16.8 Å². The topological polar surface area (TPSA) is 62.5 Å². The van der Waals surface area contributed by atoms with Crippen LogP contribution in [0, 0.1) is 0 Å². The summed E-state index contributed by atoms with van der Waals surface area (Å²) in [6.45, 7) is 2.32. The van der Waals surface area contributed by atoms with Gasteiger partial charge in [0.1, 0.15) is 0 Å². The molecular formula is C33H28F3N5O. The van der Waals surface area contributed by atoms with Gasteiger partial charge in [0.15, 0.2) is 0 Å². The quantitative estimate of drug-likeness (QED) is 0.247. The number of rotatable bonds is 4. The average Bonchev–Trinajstić information content (AvgIpc) is 3.46. The van der Waals surface area contributed by atoms with Gasteiger partial charge < -0.3 is 10.2 Å². The Balaban J connectivity index is 1.38. The molecule has 0 aliphatic carbocycles. The highest BCUT2D eigenvalue weighted by Gasteiger charge is 2.35. The number of fused-ring (bicyclic) bond motifs is 4. The Morgan fingerprint density at radius 2 is 1.71 bits per heavy atom. The number of aliphatic imine (C=N–C) groups is 1. The molecule has 2 aromatic heterocycles. The van der Waals surface area contributed by atoms with Crippen molar-refractivity contribution in [2.75, 3.05) is 25.5 Å². The number of nitrogens with zero attached hydrogens (tertiary/aromatic N) is 4. The van der Waals surface area contributed by atoms with Crippen LogP contribution in [-0.2, 0) is 12.7 Å². The van der Waals surface area contributed by atoms with E-state index < -0.39 is 17.3 Å². The van der Waals surface area contributed by atoms with Gasteiger partial charge in [-0.1, -0.05) is 18.2 Å². The summed E-state index contributed by atoms with van der Waals surface area (Å²) >= 11 is 0. The van der Waals surface area contributed by atoms with E-state index in [4.69, 9.17) is 0 Å². The molecule has 1 N–H and O–H groups in total. The molecule has 0 spiro atoms. The van der Waals surface area contributed by atoms with Crippen molar-refractivity contribution < 1.29 is 13.2 Å². The van der Waals surface area contributed by atoms with Crippen molar-refractivity contribution in [1.82, 2.24) is 14.5 Å². The van der Waals surface area contributed by atoms with Crippen LogP contribution in [0.1, 0.15) is 29.5 Å². The smallest absolute Gasteiger partial charge is 0.382 e. The lowest BCUT2D eigenvalue weighted by molar-refractivity contribution is -0.137. The third-order valence-electron chi connectivity index (χ3n) is 8.33. The first-order chi connectivity index (χ1) is 20.2. The molecule has 0 atom stereocenters. The van der Waals surface area contributed by atoms with E-state index in [1.54, 1.807) is 18.3 Å². The fraction of sp³-hybridized carbons (Fsp3) is 0.242. The Kier molecular flexibility index (Phi) is 6.35. The van der Waals surface area contributed by atoms with Gasteiger partial charge in [-0.3, -0.25) is 19.3 Å². The van der Waals surface area contributed by atoms with Crippen LogP contribution >= 0.6 is 0 Å². The number of benzene rings is 3. The van der Waals surface area contributed by atoms with Gasteiger partial charge in [-0.05, 0) is 97.7 Å². The van der Waals surface area contributed by atoms with E-state index in [-0.39, 0.29) is 17.4 Å². The molecule has 0 amide bonds. The second-order valence-corrected chi connectivity index (χ2v) is 11.1. The number of anilines is 1. The number of likely N-dealkylation sites (tertiary alicyclic amines) is 1. The van der Waals surface area contributed by atoms with Crippen molar-refractivity contribution >= 4 is 33.7 Å². The zero-order chi connectivity index (χ0) is 29.0. The van der Waals surface area contributed by atoms with Gasteiger partial charge in [-0.2, -0.15) is 13.2 Å². The maximum atomic E-state index is 14.4. The van der Waals surface area contributed by atoms with Gasteiger partial charge in [0.05, 0.1) is 28.8 Å². The number of aromatic nitrogens is 2. The SMILES string of the molecule is CN1CCC(Nc2ccc(-n3c(=O)ccc4cnc5ccc(-c6ccc7c(c6)C=NC7)cc5c43)cc2C(F)(F)F)CC1. The first-order valence-corrected chi connectivity index (χ1v) is 14.0. The second kappa shape index (κ2) is 10.1. The molecule has 9 heteroatoms. The third-order valence-corrected chi connectivity index (χ3v) is 8.33. The van der Waals surface area contributed by atoms with Crippen LogP contribution in [0.2, 0.25) is 0 Å². The van der Waals surface area contributed by atoms with E-state index in [9.17, 15) is 18.0 Å². The number of halogens is 3. The molecule has 0 bridgehead atoms. The highest BCUT2D eigenvalue weighted by atomic mass is 19.4. The first kappa shape index (κ1) is 26.4. The number of hydrogen-bond acceptors (Lipinski definition) is 5. The van der Waals surface area contributed by atoms with Crippen LogP contribution in [0.4, 0.5) is 18.9 Å². The van der Waals surface area contributed by atoms with Crippen LogP contribution in [0.5, 0.6) is 0 Å². The van der Waals surface area contributed by atoms with E-state index in [0.29, 0.717) is 28.4 Å². The number of piperidine rings is 1. The molecule has 2 aliphatic heterocycles. The van der Waals surface area contributed by atoms with E-state index >= 15 is 0 Å². The Labute approximate surface area is 240 Å². The summed E-state index contributed by atoms with van der Waals surface area (Å²) < 4.78 is 44.6. The van der Waals surface area contributed by atoms with E-state index in [1.165, 1.54) is 16.7 Å². The van der Waals surface area contributed by atoms with Crippen molar-refractivity contribution in [2.24, 2.45) is 4.99 Å². The molecule has 0 radical (unpaired) electrons. The summed E-state index contributed by atoms with van der Waals surface area (Å²) in [5.74, 6) is 0. The molecule has 4 heterocycles. The monoisotopic (exact) mass is 567 g/mol. The molecule has 3 aromatic carbocycles. The minimum Gasteiger partial charge on any atom is -0.382 e. The summed E-state index contributed by atoms with van der Waals surface area (Å²) in [4.78, 5) is 24.5. The number of nitrogens with one attached hydrogen (secondary N) is 1. The maximum Gasteiger partial charge on any atom is 0.418 e. The van der Waals surface area contributed by atoms with Crippen LogP contribution in [0.25, 0.3) is 38.6 Å². The molecule has 212 valence electrons. The minimum absolute atomic E-state index is 0.0306. The summed E-state index contributed by atoms with van der Waals surface area (Å²) in [6.07, 6.45) is 0.427. The number of hydrogen-bond donors (Lipinski definition) is 1. The molecule has 1 fully saturated rings. The van der Waals surface area contributed by atoms with Crippen LogP contribution < -0.4 is 10.9 Å². The van der Waals surface area contributed by atoms with E-state index in [2.05, 4.69) is 32.3 Å². The number of alkyl halides is 3. The molecule has 6 nitrogen and oxygen atoms in total. The van der Waals surface area contributed by atoms with Gasteiger partial charge >= 0.3 is 6.18 Å². The molecule has 7 rings (SSSR count). The second-order valence-electron chi connectivity index (χ2n) is 11.1. The van der Waals surface area contributed by atoms with Gasteiger partial charge in [-0.25, -0.2) is 0 Å². The van der Waals surface area contributed by atoms with E-state index in [1.807, 2.05) is 37.5 Å². The fourth-order valence-electron chi connectivity index (χ4n) is 6.03. The molecule has 1 saturated heterocycles. The average molecular weight is 568 g/mol. The summed E-state index contributed by atoms with van der Waals surface area (Å²) in [7, 11) is 2.01. The van der Waals surface area contributed by atoms with Crippen LogP contribution in [-0.4, -0.2) is 46.8 Å². The predicted octanol–water partition coefficient (Wildman–Crippen LogP) is 6.66. The number of pyridine rings is 2. The van der Waals surface area contributed by atoms with Gasteiger partial charge in [0.25, 0.3) is 5.56 Å². The Morgan fingerprint density at radius 3 is 2.52 bits per heavy atom. The Morgan fingerprint density at radius 1 is 0.929 bits per heavy atom. The highest BCUT2D eigenvalue weighted by Crippen LogP contribution is 2.38. The standard InChI is InChI=1S/C33H28F3N5O/c1-40-12-10-25(11-13-40)39-30-8-6-26(16-28(30)33(34,35)36)41-31(42)9-5-23-19-38-29-7-4-21(15-27(29)32(23)41)20-2-3-22-17-37-18-24(22)14-20/h2-9,14-16,18-19,25,39H,10-13,17H2,1H3. The van der Waals surface area contributed by atoms with Gasteiger partial charge in [-0.15, -0.1) is 0 Å². The fourth-order valence-corrected chi connectivity index (χ4v) is 6.03. The van der Waals surface area contributed by atoms with Crippen molar-refractivity contribution in [3.63, 3.8) is 0 Å². The van der Waals surface area contributed by atoms with E-state index in [0.717, 1.165) is 54.3 Å². The lowest BCUT2D eigenvalue weighted by atomic mass is 9.98. The molecule has 0 saturated carbocycles. The predicted molar refractivity (Wildman–Crippen MR) is 161 cm³/mol. The van der Waals surface area contributed by atoms with Crippen molar-refractivity contribution in [2.45, 2.75) is 31.6 Å². The third kappa shape index (κ3) is 4.73. The lowest BCUT2D eigenvalue weighted by Gasteiger charge is -2.31. The molecule has 42 heavy (non-hydrogen) atoms. The van der Waals surface area contributed by atoms with Gasteiger partial charge in [0.2, 0.25) is 0 Å². The first-order valence-electron chi connectivity index (χ1n) is 14.0. The van der Waals surface area contributed by atoms with Crippen LogP contribution in [0.3, 0.4) is 0 Å². The molecule has 2 aliphatic rings.